The Hall–Kier alpha value is -0.850. The van der Waals surface area contributed by atoms with E-state index in [2.05, 4.69) is 4.90 Å². The lowest BCUT2D eigenvalue weighted by Crippen LogP contribution is -2.52. The van der Waals surface area contributed by atoms with Gasteiger partial charge in [-0.3, -0.25) is 4.90 Å². The number of ether oxygens (including phenoxy) is 1. The van der Waals surface area contributed by atoms with E-state index in [0.29, 0.717) is 39.0 Å². The van der Waals surface area contributed by atoms with Gasteiger partial charge in [0.25, 0.3) is 0 Å². The lowest BCUT2D eigenvalue weighted by molar-refractivity contribution is -0.0481. The Morgan fingerprint density at radius 1 is 1.29 bits per heavy atom. The van der Waals surface area contributed by atoms with Crippen molar-refractivity contribution in [1.82, 2.24) is 9.80 Å². The van der Waals surface area contributed by atoms with Crippen molar-refractivity contribution < 1.29 is 19.7 Å². The highest BCUT2D eigenvalue weighted by atomic mass is 16.6. The average molecular weight is 300 g/mol. The zero-order chi connectivity index (χ0) is 15.7. The predicted molar refractivity (Wildman–Crippen MR) is 79.1 cm³/mol. The summed E-state index contributed by atoms with van der Waals surface area (Å²) in [4.78, 5) is 15.8. The first-order valence-corrected chi connectivity index (χ1v) is 7.78. The number of aliphatic hydroxyl groups excluding tert-OH is 1. The van der Waals surface area contributed by atoms with E-state index in [1.54, 1.807) is 4.90 Å². The molecule has 0 saturated carbocycles. The third kappa shape index (κ3) is 4.83. The van der Waals surface area contributed by atoms with Gasteiger partial charge in [-0.1, -0.05) is 0 Å². The lowest BCUT2D eigenvalue weighted by Gasteiger charge is -2.40. The van der Waals surface area contributed by atoms with Gasteiger partial charge in [0.2, 0.25) is 0 Å². The van der Waals surface area contributed by atoms with Gasteiger partial charge in [-0.05, 0) is 40.0 Å². The van der Waals surface area contributed by atoms with Crippen LogP contribution in [0.15, 0.2) is 0 Å². The van der Waals surface area contributed by atoms with E-state index >= 15 is 0 Å². The maximum Gasteiger partial charge on any atom is 0.410 e. The van der Waals surface area contributed by atoms with Crippen LogP contribution >= 0.6 is 0 Å². The van der Waals surface area contributed by atoms with Crippen LogP contribution in [-0.2, 0) is 4.74 Å². The fourth-order valence-electron chi connectivity index (χ4n) is 2.96. The normalized spacial score (nSPS) is 26.9. The molecule has 1 amide bonds. The van der Waals surface area contributed by atoms with Crippen LogP contribution in [0.1, 0.15) is 40.0 Å². The van der Waals surface area contributed by atoms with Crippen molar-refractivity contribution in [2.75, 3.05) is 32.7 Å². The summed E-state index contributed by atoms with van der Waals surface area (Å²) in [5, 5.41) is 20.2. The van der Waals surface area contributed by atoms with Crippen LogP contribution in [0.2, 0.25) is 0 Å². The first kappa shape index (κ1) is 16.5. The molecule has 0 aliphatic carbocycles. The fraction of sp³-hybridized carbons (Fsp3) is 0.933. The van der Waals surface area contributed by atoms with E-state index < -0.39 is 11.2 Å². The summed E-state index contributed by atoms with van der Waals surface area (Å²) in [5.74, 6) is 0. The number of carbonyl (C=O) groups is 1. The quantitative estimate of drug-likeness (QED) is 0.790. The molecule has 2 heterocycles. The zero-order valence-corrected chi connectivity index (χ0v) is 13.3. The Labute approximate surface area is 126 Å². The highest BCUT2D eigenvalue weighted by Crippen LogP contribution is 2.26. The number of hydrogen-bond acceptors (Lipinski definition) is 5. The molecule has 2 aliphatic rings. The van der Waals surface area contributed by atoms with Crippen LogP contribution in [0, 0.1) is 0 Å². The first-order valence-electron chi connectivity index (χ1n) is 7.78. The minimum atomic E-state index is -0.761. The van der Waals surface area contributed by atoms with Gasteiger partial charge in [0, 0.05) is 32.7 Å². The number of hydrogen-bond donors (Lipinski definition) is 2. The third-order valence-corrected chi connectivity index (χ3v) is 4.11. The van der Waals surface area contributed by atoms with Gasteiger partial charge in [-0.2, -0.15) is 0 Å². The summed E-state index contributed by atoms with van der Waals surface area (Å²) in [6.07, 6.45) is 1.31. The van der Waals surface area contributed by atoms with Crippen molar-refractivity contribution in [3.63, 3.8) is 0 Å². The number of nitrogens with zero attached hydrogens (tertiary/aromatic N) is 2. The molecule has 0 radical (unpaired) electrons. The molecule has 21 heavy (non-hydrogen) atoms. The smallest absolute Gasteiger partial charge is 0.410 e. The molecule has 122 valence electrons. The first-order chi connectivity index (χ1) is 9.67. The van der Waals surface area contributed by atoms with Gasteiger partial charge in [-0.15, -0.1) is 0 Å². The molecule has 6 nitrogen and oxygen atoms in total. The highest BCUT2D eigenvalue weighted by Gasteiger charge is 2.37. The molecule has 1 atom stereocenters. The van der Waals surface area contributed by atoms with E-state index in [9.17, 15) is 15.0 Å². The molecule has 2 fully saturated rings. The molecule has 1 unspecified atom stereocenters. The van der Waals surface area contributed by atoms with Crippen molar-refractivity contribution >= 4 is 6.09 Å². The van der Waals surface area contributed by atoms with Crippen molar-refractivity contribution in [1.29, 1.82) is 0 Å². The molecular formula is C15H28N2O4. The summed E-state index contributed by atoms with van der Waals surface area (Å²) in [5.41, 5.74) is -1.25. The highest BCUT2D eigenvalue weighted by molar-refractivity contribution is 5.68. The van der Waals surface area contributed by atoms with Crippen molar-refractivity contribution in [2.45, 2.75) is 57.3 Å². The Kier molecular flexibility index (Phi) is 4.80. The Balaban J connectivity index is 1.80. The van der Waals surface area contributed by atoms with E-state index in [-0.39, 0.29) is 12.2 Å². The third-order valence-electron chi connectivity index (χ3n) is 4.11. The monoisotopic (exact) mass is 300 g/mol. The van der Waals surface area contributed by atoms with Gasteiger partial charge >= 0.3 is 6.09 Å². The summed E-state index contributed by atoms with van der Waals surface area (Å²) in [7, 11) is 0. The van der Waals surface area contributed by atoms with E-state index in [1.807, 2.05) is 20.8 Å². The molecule has 0 bridgehead atoms. The van der Waals surface area contributed by atoms with E-state index in [0.717, 1.165) is 13.0 Å². The van der Waals surface area contributed by atoms with Crippen LogP contribution in [0.5, 0.6) is 0 Å². The number of likely N-dealkylation sites (tertiary alicyclic amines) is 2. The van der Waals surface area contributed by atoms with Gasteiger partial charge < -0.3 is 19.8 Å². The molecule has 2 N–H and O–H groups in total. The Bertz CT molecular complexity index is 372. The second-order valence-corrected chi connectivity index (χ2v) is 7.37. The molecule has 0 spiro atoms. The molecule has 0 aromatic heterocycles. The molecule has 2 rings (SSSR count). The summed E-state index contributed by atoms with van der Waals surface area (Å²) in [6.45, 7) is 8.63. The lowest BCUT2D eigenvalue weighted by atomic mass is 9.91. The number of aliphatic hydroxyl groups is 2. The minimum Gasteiger partial charge on any atom is -0.444 e. The molecular weight excluding hydrogens is 272 g/mol. The summed E-state index contributed by atoms with van der Waals surface area (Å²) >= 11 is 0. The Morgan fingerprint density at radius 2 is 1.90 bits per heavy atom. The SMILES string of the molecule is CC(C)(C)OC(=O)N1CCC(O)(CN2CCC(O)C2)CC1. The van der Waals surface area contributed by atoms with Crippen LogP contribution < -0.4 is 0 Å². The van der Waals surface area contributed by atoms with Crippen molar-refractivity contribution in [3.8, 4) is 0 Å². The number of β-amino-alcohol motifs (C(OH)–C–C–N with tert-alkyl or cyclic N) is 2. The largest absolute Gasteiger partial charge is 0.444 e. The maximum atomic E-state index is 12.0. The zero-order valence-electron chi connectivity index (χ0n) is 13.3. The van der Waals surface area contributed by atoms with E-state index in [1.165, 1.54) is 0 Å². The molecule has 6 heteroatoms. The summed E-state index contributed by atoms with van der Waals surface area (Å²) in [6, 6.07) is 0. The second kappa shape index (κ2) is 6.10. The van der Waals surface area contributed by atoms with Crippen molar-refractivity contribution in [3.05, 3.63) is 0 Å². The fourth-order valence-corrected chi connectivity index (χ4v) is 2.96. The number of rotatable bonds is 2. The van der Waals surface area contributed by atoms with Crippen LogP contribution in [0.25, 0.3) is 0 Å². The van der Waals surface area contributed by atoms with Crippen LogP contribution in [0.4, 0.5) is 4.79 Å². The van der Waals surface area contributed by atoms with Crippen molar-refractivity contribution in [2.24, 2.45) is 0 Å². The molecule has 0 aromatic carbocycles. The topological polar surface area (TPSA) is 73.2 Å². The Morgan fingerprint density at radius 3 is 2.38 bits per heavy atom. The number of amides is 1. The van der Waals surface area contributed by atoms with Gasteiger partial charge in [-0.25, -0.2) is 4.79 Å². The predicted octanol–water partition coefficient (Wildman–Crippen LogP) is 0.815. The van der Waals surface area contributed by atoms with Gasteiger partial charge in [0.1, 0.15) is 5.60 Å². The minimum absolute atomic E-state index is 0.268. The number of piperidine rings is 1. The van der Waals surface area contributed by atoms with Gasteiger partial charge in [0.05, 0.1) is 11.7 Å². The standard InChI is InChI=1S/C15H28N2O4/c1-14(2,3)21-13(19)17-8-5-15(20,6-9-17)11-16-7-4-12(18)10-16/h12,18,20H,4-11H2,1-3H3. The second-order valence-electron chi connectivity index (χ2n) is 7.37. The molecule has 2 aliphatic heterocycles. The maximum absolute atomic E-state index is 12.0. The van der Waals surface area contributed by atoms with Crippen LogP contribution in [-0.4, -0.2) is 76.1 Å². The van der Waals surface area contributed by atoms with Crippen LogP contribution in [0.3, 0.4) is 0 Å². The van der Waals surface area contributed by atoms with Gasteiger partial charge in [0.15, 0.2) is 0 Å². The average Bonchev–Trinajstić information content (AvgIpc) is 2.72. The molecule has 0 aromatic rings. The summed E-state index contributed by atoms with van der Waals surface area (Å²) < 4.78 is 5.35. The number of carbonyl (C=O) groups excluding carboxylic acids is 1. The van der Waals surface area contributed by atoms with E-state index in [4.69, 9.17) is 4.74 Å². The molecule has 2 saturated heterocycles.